The number of carboxylic acid groups (broad SMARTS) is 1. The zero-order valence-corrected chi connectivity index (χ0v) is 12.0. The molecule has 1 aliphatic heterocycles. The molecule has 0 spiro atoms. The van der Waals surface area contributed by atoms with Gasteiger partial charge in [0.1, 0.15) is 0 Å². The number of rotatable bonds is 5. The Kier molecular flexibility index (Phi) is 4.42. The van der Waals surface area contributed by atoms with Crippen LogP contribution < -0.4 is 0 Å². The molecule has 0 bridgehead atoms. The molecule has 6 heteroatoms. The van der Waals surface area contributed by atoms with Crippen molar-refractivity contribution in [3.8, 4) is 0 Å². The number of carbonyl (C=O) groups is 2. The van der Waals surface area contributed by atoms with Gasteiger partial charge in [-0.1, -0.05) is 0 Å². The molecule has 1 aromatic heterocycles. The SMILES string of the molecule is CC(C)N(CCC(=O)O)C(=O)c1cnn2c1CCCC2. The molecule has 20 heavy (non-hydrogen) atoms. The number of aromatic nitrogens is 2. The number of fused-ring (bicyclic) bond motifs is 1. The number of aliphatic carboxylic acids is 1. The Morgan fingerprint density at radius 2 is 2.20 bits per heavy atom. The van der Waals surface area contributed by atoms with Crippen molar-refractivity contribution < 1.29 is 14.7 Å². The second-order valence-electron chi connectivity index (χ2n) is 5.42. The minimum Gasteiger partial charge on any atom is -0.481 e. The first-order valence-electron chi connectivity index (χ1n) is 7.08. The van der Waals surface area contributed by atoms with Crippen molar-refractivity contribution in [1.82, 2.24) is 14.7 Å². The van der Waals surface area contributed by atoms with Crippen LogP contribution in [0.2, 0.25) is 0 Å². The molecule has 0 atom stereocenters. The number of carbonyl (C=O) groups excluding carboxylic acids is 1. The number of hydrogen-bond acceptors (Lipinski definition) is 3. The fourth-order valence-corrected chi connectivity index (χ4v) is 2.56. The van der Waals surface area contributed by atoms with E-state index < -0.39 is 5.97 Å². The van der Waals surface area contributed by atoms with Gasteiger partial charge >= 0.3 is 5.97 Å². The predicted molar refractivity (Wildman–Crippen MR) is 73.6 cm³/mol. The summed E-state index contributed by atoms with van der Waals surface area (Å²) in [5, 5.41) is 13.1. The van der Waals surface area contributed by atoms with Crippen LogP contribution in [-0.2, 0) is 17.8 Å². The summed E-state index contributed by atoms with van der Waals surface area (Å²) < 4.78 is 1.90. The lowest BCUT2D eigenvalue weighted by atomic mass is 10.1. The number of hydrogen-bond donors (Lipinski definition) is 1. The Bertz CT molecular complexity index is 508. The molecule has 1 aliphatic rings. The van der Waals surface area contributed by atoms with Gasteiger partial charge < -0.3 is 10.0 Å². The molecule has 0 saturated carbocycles. The molecule has 2 heterocycles. The maximum absolute atomic E-state index is 12.6. The largest absolute Gasteiger partial charge is 0.481 e. The van der Waals surface area contributed by atoms with Crippen LogP contribution in [0.3, 0.4) is 0 Å². The van der Waals surface area contributed by atoms with Gasteiger partial charge in [0.15, 0.2) is 0 Å². The average Bonchev–Trinajstić information content (AvgIpc) is 2.81. The van der Waals surface area contributed by atoms with Gasteiger partial charge in [0.05, 0.1) is 23.9 Å². The molecule has 1 N–H and O–H groups in total. The van der Waals surface area contributed by atoms with Crippen LogP contribution in [0.4, 0.5) is 0 Å². The maximum Gasteiger partial charge on any atom is 0.305 e. The van der Waals surface area contributed by atoms with Gasteiger partial charge in [0, 0.05) is 19.1 Å². The van der Waals surface area contributed by atoms with Gasteiger partial charge in [0.2, 0.25) is 0 Å². The van der Waals surface area contributed by atoms with E-state index in [1.54, 1.807) is 11.1 Å². The van der Waals surface area contributed by atoms with E-state index in [0.29, 0.717) is 5.56 Å². The van der Waals surface area contributed by atoms with Crippen LogP contribution in [0.1, 0.15) is 49.2 Å². The summed E-state index contributed by atoms with van der Waals surface area (Å²) in [6.07, 6.45) is 4.62. The Morgan fingerprint density at radius 1 is 1.45 bits per heavy atom. The van der Waals surface area contributed by atoms with Crippen molar-refractivity contribution in [2.45, 2.75) is 52.1 Å². The number of amides is 1. The molecule has 0 aliphatic carbocycles. The van der Waals surface area contributed by atoms with E-state index in [0.717, 1.165) is 31.5 Å². The molecule has 1 aromatic rings. The van der Waals surface area contributed by atoms with Crippen LogP contribution in [0.25, 0.3) is 0 Å². The number of aryl methyl sites for hydroxylation is 1. The number of carboxylic acids is 1. The molecular weight excluding hydrogens is 258 g/mol. The molecule has 1 amide bonds. The van der Waals surface area contributed by atoms with E-state index >= 15 is 0 Å². The van der Waals surface area contributed by atoms with Crippen LogP contribution in [0, 0.1) is 0 Å². The first-order chi connectivity index (χ1) is 9.50. The van der Waals surface area contributed by atoms with E-state index in [1.807, 2.05) is 18.5 Å². The standard InChI is InChI=1S/C14H21N3O3/c1-10(2)16(8-6-13(18)19)14(20)11-9-15-17-7-4-3-5-12(11)17/h9-10H,3-8H2,1-2H3,(H,18,19). The zero-order valence-electron chi connectivity index (χ0n) is 12.0. The minimum atomic E-state index is -0.888. The molecule has 6 nitrogen and oxygen atoms in total. The van der Waals surface area contributed by atoms with E-state index in [9.17, 15) is 9.59 Å². The van der Waals surface area contributed by atoms with Gasteiger partial charge in [-0.3, -0.25) is 14.3 Å². The van der Waals surface area contributed by atoms with Gasteiger partial charge in [-0.2, -0.15) is 5.10 Å². The lowest BCUT2D eigenvalue weighted by molar-refractivity contribution is -0.137. The first-order valence-corrected chi connectivity index (χ1v) is 7.08. The highest BCUT2D eigenvalue weighted by atomic mass is 16.4. The second kappa shape index (κ2) is 6.07. The lowest BCUT2D eigenvalue weighted by Crippen LogP contribution is -2.39. The monoisotopic (exact) mass is 279 g/mol. The molecule has 0 fully saturated rings. The van der Waals surface area contributed by atoms with E-state index in [-0.39, 0.29) is 24.9 Å². The van der Waals surface area contributed by atoms with Gasteiger partial charge in [-0.05, 0) is 33.1 Å². The predicted octanol–water partition coefficient (Wildman–Crippen LogP) is 1.54. The van der Waals surface area contributed by atoms with Crippen molar-refractivity contribution in [3.05, 3.63) is 17.5 Å². The Morgan fingerprint density at radius 3 is 2.85 bits per heavy atom. The molecule has 0 radical (unpaired) electrons. The summed E-state index contributed by atoms with van der Waals surface area (Å²) in [6, 6.07) is -0.0269. The average molecular weight is 279 g/mol. The molecule has 2 rings (SSSR count). The second-order valence-corrected chi connectivity index (χ2v) is 5.42. The minimum absolute atomic E-state index is 0.0269. The van der Waals surface area contributed by atoms with E-state index in [4.69, 9.17) is 5.11 Å². The topological polar surface area (TPSA) is 75.4 Å². The van der Waals surface area contributed by atoms with E-state index in [1.165, 1.54) is 0 Å². The molecule has 0 saturated heterocycles. The van der Waals surface area contributed by atoms with Crippen molar-refractivity contribution in [3.63, 3.8) is 0 Å². The normalized spacial score (nSPS) is 14.2. The number of nitrogens with zero attached hydrogens (tertiary/aromatic N) is 3. The fraction of sp³-hybridized carbons (Fsp3) is 0.643. The molecular formula is C14H21N3O3. The van der Waals surface area contributed by atoms with Crippen LogP contribution in [-0.4, -0.2) is 44.3 Å². The summed E-state index contributed by atoms with van der Waals surface area (Å²) in [7, 11) is 0. The van der Waals surface area contributed by atoms with Gasteiger partial charge in [0.25, 0.3) is 5.91 Å². The summed E-state index contributed by atoms with van der Waals surface area (Å²) in [4.78, 5) is 24.9. The Hall–Kier alpha value is -1.85. The summed E-state index contributed by atoms with van der Waals surface area (Å²) in [6.45, 7) is 4.89. The Balaban J connectivity index is 2.19. The van der Waals surface area contributed by atoms with Gasteiger partial charge in [-0.15, -0.1) is 0 Å². The van der Waals surface area contributed by atoms with Crippen molar-refractivity contribution in [2.24, 2.45) is 0 Å². The van der Waals surface area contributed by atoms with E-state index in [2.05, 4.69) is 5.10 Å². The van der Waals surface area contributed by atoms with Crippen molar-refractivity contribution in [1.29, 1.82) is 0 Å². The highest BCUT2D eigenvalue weighted by Gasteiger charge is 2.25. The molecule has 110 valence electrons. The maximum atomic E-state index is 12.6. The first kappa shape index (κ1) is 14.6. The van der Waals surface area contributed by atoms with Crippen molar-refractivity contribution >= 4 is 11.9 Å². The third-order valence-electron chi connectivity index (χ3n) is 3.66. The summed E-state index contributed by atoms with van der Waals surface area (Å²) >= 11 is 0. The smallest absolute Gasteiger partial charge is 0.305 e. The summed E-state index contributed by atoms with van der Waals surface area (Å²) in [5.74, 6) is -0.995. The molecule has 0 aromatic carbocycles. The lowest BCUT2D eigenvalue weighted by Gasteiger charge is -2.26. The highest BCUT2D eigenvalue weighted by molar-refractivity contribution is 5.95. The zero-order chi connectivity index (χ0) is 14.7. The van der Waals surface area contributed by atoms with Crippen molar-refractivity contribution in [2.75, 3.05) is 6.54 Å². The third-order valence-corrected chi connectivity index (χ3v) is 3.66. The summed E-state index contributed by atoms with van der Waals surface area (Å²) in [5.41, 5.74) is 1.62. The quantitative estimate of drug-likeness (QED) is 0.887. The fourth-order valence-electron chi connectivity index (χ4n) is 2.56. The van der Waals surface area contributed by atoms with Crippen LogP contribution in [0.5, 0.6) is 0 Å². The van der Waals surface area contributed by atoms with Gasteiger partial charge in [-0.25, -0.2) is 0 Å². The Labute approximate surface area is 118 Å². The van der Waals surface area contributed by atoms with Crippen LogP contribution in [0.15, 0.2) is 6.20 Å². The highest BCUT2D eigenvalue weighted by Crippen LogP contribution is 2.20. The third kappa shape index (κ3) is 3.00. The molecule has 0 unspecified atom stereocenters. The van der Waals surface area contributed by atoms with Crippen LogP contribution >= 0.6 is 0 Å².